The van der Waals surface area contributed by atoms with E-state index in [4.69, 9.17) is 25.3 Å². The summed E-state index contributed by atoms with van der Waals surface area (Å²) in [6.45, 7) is -18.1. The van der Waals surface area contributed by atoms with Gasteiger partial charge >= 0.3 is 6.03 Å². The van der Waals surface area contributed by atoms with Gasteiger partial charge in [-0.05, 0) is 74.2 Å². The van der Waals surface area contributed by atoms with Crippen LogP contribution in [0.2, 0.25) is 0 Å². The van der Waals surface area contributed by atoms with Crippen LogP contribution < -0.4 is 10.1 Å². The molecule has 0 saturated carbocycles. The van der Waals surface area contributed by atoms with Crippen molar-refractivity contribution in [1.82, 2.24) is 15.1 Å². The van der Waals surface area contributed by atoms with Crippen molar-refractivity contribution < 1.29 is 34.5 Å². The number of nitrogens with zero attached hydrogens (tertiary/aromatic N) is 2. The van der Waals surface area contributed by atoms with Crippen LogP contribution in [0.15, 0.2) is 48.5 Å². The van der Waals surface area contributed by atoms with E-state index < -0.39 is 69.3 Å². The Morgan fingerprint density at radius 2 is 1.90 bits per heavy atom. The summed E-state index contributed by atoms with van der Waals surface area (Å²) < 4.78 is 138. The van der Waals surface area contributed by atoms with Gasteiger partial charge in [0.15, 0.2) is 0 Å². The largest absolute Gasteiger partial charge is 0.493 e. The van der Waals surface area contributed by atoms with Crippen LogP contribution >= 0.6 is 0 Å². The van der Waals surface area contributed by atoms with E-state index in [-0.39, 0.29) is 24.9 Å². The molecule has 1 saturated heterocycles. The molecule has 2 amide bonds. The van der Waals surface area contributed by atoms with Gasteiger partial charge < -0.3 is 19.9 Å². The van der Waals surface area contributed by atoms with Crippen molar-refractivity contribution in [2.24, 2.45) is 5.89 Å². The quantitative estimate of drug-likeness (QED) is 0.646. The highest BCUT2D eigenvalue weighted by atomic mass is 19.1. The van der Waals surface area contributed by atoms with E-state index in [0.717, 1.165) is 46.2 Å². The first-order valence-electron chi connectivity index (χ1n) is 17.0. The number of halogens is 1. The number of likely N-dealkylation sites (tertiary alicyclic amines) is 1. The van der Waals surface area contributed by atoms with Crippen molar-refractivity contribution in [2.75, 3.05) is 26.6 Å². The van der Waals surface area contributed by atoms with Gasteiger partial charge in [0.2, 0.25) is 0 Å². The van der Waals surface area contributed by atoms with Gasteiger partial charge in [-0.3, -0.25) is 0 Å². The molecule has 0 aliphatic carbocycles. The van der Waals surface area contributed by atoms with E-state index in [1.807, 2.05) is 0 Å². The van der Waals surface area contributed by atoms with Crippen LogP contribution in [0.5, 0.6) is 5.75 Å². The summed E-state index contributed by atoms with van der Waals surface area (Å²) in [6.07, 6.45) is -0.642. The Hall–Kier alpha value is -2.60. The second-order valence-corrected chi connectivity index (χ2v) is 6.85. The van der Waals surface area contributed by atoms with Crippen molar-refractivity contribution in [3.63, 3.8) is 0 Å². The molecule has 0 atom stereocenters. The lowest BCUT2D eigenvalue weighted by Gasteiger charge is -2.37. The number of benzene rings is 2. The van der Waals surface area contributed by atoms with Gasteiger partial charge in [-0.2, -0.15) is 0 Å². The number of urea groups is 1. The second kappa shape index (κ2) is 11.1. The number of hydrogen-bond donors (Lipinski definition) is 1. The van der Waals surface area contributed by atoms with E-state index in [9.17, 15) is 9.18 Å². The summed E-state index contributed by atoms with van der Waals surface area (Å²) in [5, 5.41) is 2.19. The topological polar surface area (TPSA) is 44.8 Å². The molecular formula is C25H34FN3O2. The third kappa shape index (κ3) is 7.24. The maximum Gasteiger partial charge on any atom is 0.318 e. The Morgan fingerprint density at radius 1 is 1.26 bits per heavy atom. The zero-order valence-corrected chi connectivity index (χ0v) is 16.9. The lowest BCUT2D eigenvalue weighted by atomic mass is 10.0. The zero-order chi connectivity index (χ0) is 35.3. The van der Waals surface area contributed by atoms with Crippen molar-refractivity contribution in [2.45, 2.75) is 45.6 Å². The van der Waals surface area contributed by atoms with Gasteiger partial charge in [-0.1, -0.05) is 38.0 Å². The van der Waals surface area contributed by atoms with Gasteiger partial charge in [0.05, 0.1) is 12.0 Å². The molecule has 168 valence electrons. The molecule has 0 spiro atoms. The Bertz CT molecular complexity index is 1350. The maximum absolute atomic E-state index is 13.6. The molecule has 2 aromatic carbocycles. The van der Waals surface area contributed by atoms with Crippen molar-refractivity contribution >= 4 is 6.03 Å². The lowest BCUT2D eigenvalue weighted by molar-refractivity contribution is 0.127. The Balaban J connectivity index is 1.88. The van der Waals surface area contributed by atoms with E-state index in [1.165, 1.54) is 19.2 Å². The molecule has 5 nitrogen and oxygen atoms in total. The Labute approximate surface area is 206 Å². The van der Waals surface area contributed by atoms with E-state index in [0.29, 0.717) is 5.56 Å². The molecule has 0 radical (unpaired) electrons. The molecule has 31 heavy (non-hydrogen) atoms. The van der Waals surface area contributed by atoms with Crippen molar-refractivity contribution in [3.05, 3.63) is 65.5 Å². The monoisotopic (exact) mass is 442 g/mol. The fourth-order valence-electron chi connectivity index (χ4n) is 2.90. The number of nitrogens with one attached hydrogen (secondary N) is 1. The number of carbonyl (C=O) groups excluding carboxylic acids is 1. The highest BCUT2D eigenvalue weighted by Crippen LogP contribution is 2.19. The van der Waals surface area contributed by atoms with Crippen LogP contribution in [0.4, 0.5) is 9.18 Å². The normalized spacial score (nSPS) is 27.6. The third-order valence-corrected chi connectivity index (χ3v) is 4.54. The summed E-state index contributed by atoms with van der Waals surface area (Å²) in [5.41, 5.74) is 0.195. The molecular weight excluding hydrogens is 393 g/mol. The summed E-state index contributed by atoms with van der Waals surface area (Å²) in [5.74, 6) is -4.68. The minimum Gasteiger partial charge on any atom is -0.493 e. The molecule has 0 unspecified atom stereocenters. The van der Waals surface area contributed by atoms with Crippen LogP contribution in [0, 0.1) is 11.7 Å². The highest BCUT2D eigenvalue weighted by Gasteiger charge is 2.27. The number of piperidine rings is 1. The minimum atomic E-state index is -3.69. The van der Waals surface area contributed by atoms with Crippen LogP contribution in [0.1, 0.15) is 58.2 Å². The van der Waals surface area contributed by atoms with Crippen LogP contribution in [-0.4, -0.2) is 48.5 Å². The minimum absolute atomic E-state index is 0.215. The van der Waals surface area contributed by atoms with Gasteiger partial charge in [0.25, 0.3) is 0 Å². The predicted molar refractivity (Wildman–Crippen MR) is 121 cm³/mol. The Morgan fingerprint density at radius 3 is 2.55 bits per heavy atom. The van der Waals surface area contributed by atoms with E-state index >= 15 is 0 Å². The third-order valence-electron chi connectivity index (χ3n) is 4.54. The molecule has 1 aliphatic heterocycles. The maximum atomic E-state index is 13.6. The average Bonchev–Trinajstić information content (AvgIpc) is 2.89. The van der Waals surface area contributed by atoms with E-state index in [1.54, 1.807) is 0 Å². The molecule has 1 aliphatic rings. The van der Waals surface area contributed by atoms with Crippen LogP contribution in [-0.2, 0) is 13.0 Å². The molecule has 0 aromatic heterocycles. The first-order valence-corrected chi connectivity index (χ1v) is 9.51. The number of amides is 2. The fraction of sp³-hybridized carbons (Fsp3) is 0.480. The number of hydrogen-bond acceptors (Lipinski definition) is 3. The molecule has 1 fully saturated rings. The summed E-state index contributed by atoms with van der Waals surface area (Å²) >= 11 is 0. The number of ether oxygens (including phenoxy) is 1. The molecule has 1 N–H and O–H groups in total. The first kappa shape index (κ1) is 10.3. The Kier molecular flexibility index (Phi) is 3.72. The van der Waals surface area contributed by atoms with E-state index in [2.05, 4.69) is 5.32 Å². The molecule has 0 bridgehead atoms. The highest BCUT2D eigenvalue weighted by molar-refractivity contribution is 5.74. The van der Waals surface area contributed by atoms with Crippen LogP contribution in [0.3, 0.4) is 0 Å². The van der Waals surface area contributed by atoms with Gasteiger partial charge in [0.1, 0.15) is 11.6 Å². The molecule has 6 heteroatoms. The van der Waals surface area contributed by atoms with Gasteiger partial charge in [-0.25, -0.2) is 9.18 Å². The number of carbonyl (C=O) groups is 1. The summed E-state index contributed by atoms with van der Waals surface area (Å²) in [7, 11) is 1.27. The second-order valence-electron chi connectivity index (χ2n) is 6.85. The molecule has 2 aromatic rings. The van der Waals surface area contributed by atoms with Crippen molar-refractivity contribution in [1.29, 1.82) is 0 Å². The summed E-state index contributed by atoms with van der Waals surface area (Å²) in [4.78, 5) is 15.6. The molecule has 3 rings (SSSR count). The van der Waals surface area contributed by atoms with Crippen LogP contribution in [0.25, 0.3) is 0 Å². The van der Waals surface area contributed by atoms with Gasteiger partial charge in [0, 0.05) is 34.2 Å². The van der Waals surface area contributed by atoms with Gasteiger partial charge in [-0.15, -0.1) is 0 Å². The smallest absolute Gasteiger partial charge is 0.318 e. The summed E-state index contributed by atoms with van der Waals surface area (Å²) in [6, 6.07) is 7.05. The fourth-order valence-corrected chi connectivity index (χ4v) is 2.90. The standard InChI is InChI=1S/C25H34FN3O2/c1-19(2)18-31-24-10-6-20(7-11-24)16-27-25(30)29(23-12-14-28(3)15-13-23)17-21-4-8-22(26)9-5-21/h4-11,19,23H,12-18H2,1-3H3,(H,27,30)/i1D3,2D3,14D2,15D2,16D2,18D2,19D. The van der Waals surface area contributed by atoms with Crippen molar-refractivity contribution in [3.8, 4) is 5.75 Å². The first-order chi connectivity index (χ1) is 20.6. The number of rotatable bonds is 8. The lowest BCUT2D eigenvalue weighted by Crippen LogP contribution is -2.49. The average molecular weight is 443 g/mol. The predicted octanol–water partition coefficient (Wildman–Crippen LogP) is 4.67. The molecule has 1 heterocycles. The zero-order valence-electron chi connectivity index (χ0n) is 31.9. The SMILES string of the molecule is [2H]C([2H])(NC(=O)N(Cc1ccc(F)cc1)C1CC([2H])([2H])N(C)C([2H])([2H])C1)c1ccc(OC([2H])([2H])C([2H])(C([2H])([2H])[2H])C([2H])([2H])[2H])cc1.